The van der Waals surface area contributed by atoms with Gasteiger partial charge in [0.2, 0.25) is 0 Å². The van der Waals surface area contributed by atoms with Gasteiger partial charge in [-0.2, -0.15) is 0 Å². The average molecular weight is 165 g/mol. The lowest BCUT2D eigenvalue weighted by Crippen LogP contribution is -2.01. The summed E-state index contributed by atoms with van der Waals surface area (Å²) in [5.74, 6) is 0. The lowest BCUT2D eigenvalue weighted by molar-refractivity contribution is 0.299. The van der Waals surface area contributed by atoms with Gasteiger partial charge in [-0.1, -0.05) is 19.1 Å². The second-order valence-corrected chi connectivity index (χ2v) is 2.81. The SMILES string of the molecule is CCc1cccc(N)c1CCO. The number of rotatable bonds is 3. The van der Waals surface area contributed by atoms with Crippen molar-refractivity contribution >= 4 is 5.69 Å². The molecule has 66 valence electrons. The first-order valence-electron chi connectivity index (χ1n) is 4.26. The molecule has 0 aromatic heterocycles. The monoisotopic (exact) mass is 165 g/mol. The molecule has 0 saturated heterocycles. The van der Waals surface area contributed by atoms with E-state index >= 15 is 0 Å². The number of nitrogen functional groups attached to an aromatic ring is 1. The second-order valence-electron chi connectivity index (χ2n) is 2.81. The zero-order valence-electron chi connectivity index (χ0n) is 7.38. The van der Waals surface area contributed by atoms with E-state index in [4.69, 9.17) is 10.8 Å². The quantitative estimate of drug-likeness (QED) is 0.664. The summed E-state index contributed by atoms with van der Waals surface area (Å²) in [4.78, 5) is 0. The highest BCUT2D eigenvalue weighted by Crippen LogP contribution is 2.17. The fourth-order valence-electron chi connectivity index (χ4n) is 1.40. The van der Waals surface area contributed by atoms with Crippen LogP contribution < -0.4 is 5.73 Å². The van der Waals surface area contributed by atoms with Crippen molar-refractivity contribution < 1.29 is 5.11 Å². The van der Waals surface area contributed by atoms with E-state index in [1.807, 2.05) is 12.1 Å². The van der Waals surface area contributed by atoms with Gasteiger partial charge in [0, 0.05) is 12.3 Å². The molecule has 0 aliphatic rings. The fraction of sp³-hybridized carbons (Fsp3) is 0.400. The number of nitrogens with two attached hydrogens (primary N) is 1. The summed E-state index contributed by atoms with van der Waals surface area (Å²) in [5.41, 5.74) is 8.91. The third kappa shape index (κ3) is 1.77. The smallest absolute Gasteiger partial charge is 0.0472 e. The van der Waals surface area contributed by atoms with Crippen molar-refractivity contribution in [2.45, 2.75) is 19.8 Å². The molecule has 0 unspecified atom stereocenters. The zero-order chi connectivity index (χ0) is 8.97. The molecule has 0 saturated carbocycles. The standard InChI is InChI=1S/C10H15NO/c1-2-8-4-3-5-10(11)9(8)6-7-12/h3-5,12H,2,6-7,11H2,1H3. The maximum Gasteiger partial charge on any atom is 0.0472 e. The molecular weight excluding hydrogens is 150 g/mol. The van der Waals surface area contributed by atoms with Crippen molar-refractivity contribution in [3.05, 3.63) is 29.3 Å². The van der Waals surface area contributed by atoms with Crippen LogP contribution in [0.5, 0.6) is 0 Å². The van der Waals surface area contributed by atoms with Gasteiger partial charge in [0.15, 0.2) is 0 Å². The Kier molecular flexibility index (Phi) is 3.11. The van der Waals surface area contributed by atoms with Gasteiger partial charge in [-0.25, -0.2) is 0 Å². The predicted octanol–water partition coefficient (Wildman–Crippen LogP) is 1.37. The first-order chi connectivity index (χ1) is 5.79. The van der Waals surface area contributed by atoms with Crippen LogP contribution in [0.3, 0.4) is 0 Å². The summed E-state index contributed by atoms with van der Waals surface area (Å²) < 4.78 is 0. The van der Waals surface area contributed by atoms with Crippen molar-refractivity contribution in [2.24, 2.45) is 0 Å². The van der Waals surface area contributed by atoms with Crippen molar-refractivity contribution in [1.29, 1.82) is 0 Å². The van der Waals surface area contributed by atoms with Gasteiger partial charge in [-0.15, -0.1) is 0 Å². The Morgan fingerprint density at radius 2 is 2.17 bits per heavy atom. The number of aryl methyl sites for hydroxylation is 1. The Labute approximate surface area is 73.0 Å². The molecule has 1 aromatic carbocycles. The Bertz CT molecular complexity index is 258. The topological polar surface area (TPSA) is 46.2 Å². The van der Waals surface area contributed by atoms with E-state index in [1.54, 1.807) is 0 Å². The predicted molar refractivity (Wildman–Crippen MR) is 51.0 cm³/mol. The summed E-state index contributed by atoms with van der Waals surface area (Å²) in [7, 11) is 0. The molecule has 3 N–H and O–H groups in total. The highest BCUT2D eigenvalue weighted by atomic mass is 16.2. The van der Waals surface area contributed by atoms with Crippen molar-refractivity contribution in [3.63, 3.8) is 0 Å². The van der Waals surface area contributed by atoms with Crippen LogP contribution in [-0.4, -0.2) is 11.7 Å². The van der Waals surface area contributed by atoms with Crippen molar-refractivity contribution in [2.75, 3.05) is 12.3 Å². The molecule has 2 nitrogen and oxygen atoms in total. The minimum Gasteiger partial charge on any atom is -0.398 e. The molecule has 12 heavy (non-hydrogen) atoms. The van der Waals surface area contributed by atoms with Crippen LogP contribution in [-0.2, 0) is 12.8 Å². The first-order valence-corrected chi connectivity index (χ1v) is 4.26. The van der Waals surface area contributed by atoms with E-state index in [2.05, 4.69) is 13.0 Å². The molecule has 0 radical (unpaired) electrons. The van der Waals surface area contributed by atoms with Crippen LogP contribution in [0.2, 0.25) is 0 Å². The number of aliphatic hydroxyl groups excluding tert-OH is 1. The Hall–Kier alpha value is -1.02. The van der Waals surface area contributed by atoms with E-state index in [0.717, 1.165) is 17.7 Å². The molecule has 0 heterocycles. The molecule has 1 rings (SSSR count). The van der Waals surface area contributed by atoms with E-state index in [1.165, 1.54) is 5.56 Å². The highest BCUT2D eigenvalue weighted by molar-refractivity contribution is 5.51. The van der Waals surface area contributed by atoms with Crippen LogP contribution in [0.4, 0.5) is 5.69 Å². The van der Waals surface area contributed by atoms with Crippen LogP contribution >= 0.6 is 0 Å². The molecule has 0 aliphatic heterocycles. The minimum absolute atomic E-state index is 0.168. The lowest BCUT2D eigenvalue weighted by atomic mass is 10.0. The second kappa shape index (κ2) is 4.12. The molecule has 1 aromatic rings. The van der Waals surface area contributed by atoms with E-state index in [0.29, 0.717) is 6.42 Å². The molecule has 2 heteroatoms. The number of aliphatic hydroxyl groups is 1. The molecule has 0 bridgehead atoms. The Morgan fingerprint density at radius 3 is 2.75 bits per heavy atom. The first kappa shape index (κ1) is 9.07. The van der Waals surface area contributed by atoms with Gasteiger partial charge in [0.05, 0.1) is 0 Å². The zero-order valence-corrected chi connectivity index (χ0v) is 7.38. The molecule has 0 atom stereocenters. The molecule has 0 aliphatic carbocycles. The van der Waals surface area contributed by atoms with Gasteiger partial charge < -0.3 is 10.8 Å². The fourth-order valence-corrected chi connectivity index (χ4v) is 1.40. The van der Waals surface area contributed by atoms with Gasteiger partial charge in [0.1, 0.15) is 0 Å². The van der Waals surface area contributed by atoms with Crippen LogP contribution in [0, 0.1) is 0 Å². The van der Waals surface area contributed by atoms with E-state index < -0.39 is 0 Å². The third-order valence-electron chi connectivity index (χ3n) is 2.05. The summed E-state index contributed by atoms with van der Waals surface area (Å²) in [5, 5.41) is 8.81. The van der Waals surface area contributed by atoms with Gasteiger partial charge in [-0.3, -0.25) is 0 Å². The lowest BCUT2D eigenvalue weighted by Gasteiger charge is -2.08. The molecule has 0 amide bonds. The number of anilines is 1. The Morgan fingerprint density at radius 1 is 1.42 bits per heavy atom. The average Bonchev–Trinajstić information content (AvgIpc) is 2.09. The van der Waals surface area contributed by atoms with Crippen LogP contribution in [0.1, 0.15) is 18.1 Å². The summed E-state index contributed by atoms with van der Waals surface area (Å²) in [6.07, 6.45) is 1.64. The van der Waals surface area contributed by atoms with E-state index in [-0.39, 0.29) is 6.61 Å². The molecular formula is C10H15NO. The maximum atomic E-state index is 8.81. The van der Waals surface area contributed by atoms with Crippen LogP contribution in [0.15, 0.2) is 18.2 Å². The molecule has 0 spiro atoms. The van der Waals surface area contributed by atoms with Crippen molar-refractivity contribution in [3.8, 4) is 0 Å². The van der Waals surface area contributed by atoms with E-state index in [9.17, 15) is 0 Å². The largest absolute Gasteiger partial charge is 0.398 e. The highest BCUT2D eigenvalue weighted by Gasteiger charge is 2.02. The summed E-state index contributed by atoms with van der Waals surface area (Å²) in [6, 6.07) is 5.89. The number of hydrogen-bond acceptors (Lipinski definition) is 2. The van der Waals surface area contributed by atoms with Gasteiger partial charge >= 0.3 is 0 Å². The maximum absolute atomic E-state index is 8.81. The van der Waals surface area contributed by atoms with Gasteiger partial charge in [0.25, 0.3) is 0 Å². The third-order valence-corrected chi connectivity index (χ3v) is 2.05. The van der Waals surface area contributed by atoms with Crippen molar-refractivity contribution in [1.82, 2.24) is 0 Å². The van der Waals surface area contributed by atoms with Crippen LogP contribution in [0.25, 0.3) is 0 Å². The summed E-state index contributed by atoms with van der Waals surface area (Å²) >= 11 is 0. The Balaban J connectivity index is 3.02. The number of benzene rings is 1. The number of hydrogen-bond donors (Lipinski definition) is 2. The van der Waals surface area contributed by atoms with Gasteiger partial charge in [-0.05, 0) is 30.0 Å². The normalized spacial score (nSPS) is 10.2. The minimum atomic E-state index is 0.168. The summed E-state index contributed by atoms with van der Waals surface area (Å²) in [6.45, 7) is 2.26. The molecule has 0 fully saturated rings.